The summed E-state index contributed by atoms with van der Waals surface area (Å²) in [4.78, 5) is 8.50. The molecule has 1 N–H and O–H groups in total. The number of rotatable bonds is 0. The Hall–Kier alpha value is -0.762. The van der Waals surface area contributed by atoms with Crippen LogP contribution in [-0.2, 0) is 26.5 Å². The SMILES string of the molecule is CC(C)(C)c1n[c-]c2cn[nH]c2n1.C[CH-]C.[W+2]. The van der Waals surface area contributed by atoms with Gasteiger partial charge in [-0.25, -0.2) is 5.10 Å². The van der Waals surface area contributed by atoms with Crippen LogP contribution in [-0.4, -0.2) is 20.2 Å². The van der Waals surface area contributed by atoms with Crippen LogP contribution in [0.2, 0.25) is 0 Å². The second kappa shape index (κ2) is 6.85. The fraction of sp³-hybridized carbons (Fsp3) is 0.500. The van der Waals surface area contributed by atoms with Crippen molar-refractivity contribution in [2.24, 2.45) is 0 Å². The van der Waals surface area contributed by atoms with Crippen molar-refractivity contribution in [1.29, 1.82) is 0 Å². The molecule has 2 aromatic heterocycles. The van der Waals surface area contributed by atoms with E-state index in [4.69, 9.17) is 0 Å². The summed E-state index contributed by atoms with van der Waals surface area (Å²) in [6.07, 6.45) is 6.57. The molecule has 0 aliphatic carbocycles. The Morgan fingerprint density at radius 2 is 1.88 bits per heavy atom. The third-order valence-electron chi connectivity index (χ3n) is 1.79. The van der Waals surface area contributed by atoms with Crippen molar-refractivity contribution in [3.63, 3.8) is 0 Å². The van der Waals surface area contributed by atoms with E-state index in [1.807, 2.05) is 20.3 Å². The second-order valence-electron chi connectivity index (χ2n) is 4.62. The zero-order valence-corrected chi connectivity index (χ0v) is 13.8. The molecular weight excluding hydrogens is 384 g/mol. The van der Waals surface area contributed by atoms with Crippen LogP contribution < -0.4 is 0 Å². The standard InChI is InChI=1S/C9H11N4.C3H7.W/c1-9(2,3)8-10-4-6-5-11-13-7(6)12-8;1-3-2;/h5H,1-3H3,(H,10,11,12,13);3H,1-2H3;/q2*-1;+2. The van der Waals surface area contributed by atoms with Gasteiger partial charge in [0.1, 0.15) is 0 Å². The van der Waals surface area contributed by atoms with E-state index in [0.717, 1.165) is 16.9 Å². The molecule has 0 bridgehead atoms. The minimum absolute atomic E-state index is 0. The summed E-state index contributed by atoms with van der Waals surface area (Å²) in [5.74, 6) is 0.782. The molecular formula is C12H18N4W. The largest absolute Gasteiger partial charge is 2.00 e. The van der Waals surface area contributed by atoms with Crippen LogP contribution in [0.15, 0.2) is 6.20 Å². The van der Waals surface area contributed by atoms with Crippen LogP contribution in [0.5, 0.6) is 0 Å². The Balaban J connectivity index is 0.000000583. The van der Waals surface area contributed by atoms with Crippen LogP contribution in [0.1, 0.15) is 40.4 Å². The molecule has 0 aliphatic rings. The molecule has 5 heteroatoms. The van der Waals surface area contributed by atoms with Gasteiger partial charge in [-0.15, -0.1) is 0 Å². The number of nitrogens with zero attached hydrogens (tertiary/aromatic N) is 3. The van der Waals surface area contributed by atoms with Crippen LogP contribution in [0, 0.1) is 12.6 Å². The van der Waals surface area contributed by atoms with Gasteiger partial charge < -0.3 is 21.5 Å². The molecule has 4 nitrogen and oxygen atoms in total. The smallest absolute Gasteiger partial charge is 0.338 e. The molecule has 17 heavy (non-hydrogen) atoms. The minimum Gasteiger partial charge on any atom is -0.338 e. The first-order valence-corrected chi connectivity index (χ1v) is 5.32. The number of fused-ring (bicyclic) bond motifs is 1. The zero-order valence-electron chi connectivity index (χ0n) is 10.9. The Morgan fingerprint density at radius 3 is 2.41 bits per heavy atom. The van der Waals surface area contributed by atoms with Crippen LogP contribution in [0.25, 0.3) is 11.0 Å². The van der Waals surface area contributed by atoms with Gasteiger partial charge in [0.05, 0.1) is 11.5 Å². The maximum atomic E-state index is 4.35. The van der Waals surface area contributed by atoms with Crippen molar-refractivity contribution in [3.05, 3.63) is 24.6 Å². The normalized spacial score (nSPS) is 10.4. The second-order valence-corrected chi connectivity index (χ2v) is 4.62. The molecule has 0 unspecified atom stereocenters. The first-order chi connectivity index (χ1) is 7.49. The first kappa shape index (κ1) is 16.2. The number of H-pyrrole nitrogens is 1. The fourth-order valence-electron chi connectivity index (χ4n) is 1.03. The molecule has 0 aliphatic heterocycles. The van der Waals surface area contributed by atoms with Gasteiger partial charge in [0.2, 0.25) is 0 Å². The van der Waals surface area contributed by atoms with E-state index in [-0.39, 0.29) is 26.5 Å². The monoisotopic (exact) mass is 402 g/mol. The first-order valence-electron chi connectivity index (χ1n) is 5.32. The predicted octanol–water partition coefficient (Wildman–Crippen LogP) is 2.68. The summed E-state index contributed by atoms with van der Waals surface area (Å²) in [6, 6.07) is 0. The van der Waals surface area contributed by atoms with E-state index in [1.165, 1.54) is 0 Å². The average molecular weight is 402 g/mol. The Labute approximate surface area is 117 Å². The van der Waals surface area contributed by atoms with E-state index in [9.17, 15) is 0 Å². The van der Waals surface area contributed by atoms with Crippen molar-refractivity contribution in [2.75, 3.05) is 0 Å². The summed E-state index contributed by atoms with van der Waals surface area (Å²) in [5, 5.41) is 7.49. The van der Waals surface area contributed by atoms with Gasteiger partial charge >= 0.3 is 21.1 Å². The van der Waals surface area contributed by atoms with E-state index in [0.29, 0.717) is 0 Å². The van der Waals surface area contributed by atoms with Crippen molar-refractivity contribution in [3.8, 4) is 0 Å². The molecule has 2 heterocycles. The molecule has 0 atom stereocenters. The summed E-state index contributed by atoms with van der Waals surface area (Å²) >= 11 is 0. The Bertz CT molecular complexity index is 445. The van der Waals surface area contributed by atoms with Gasteiger partial charge in [-0.2, -0.15) is 13.8 Å². The van der Waals surface area contributed by atoms with Gasteiger partial charge in [0.15, 0.2) is 0 Å². The fourth-order valence-corrected chi connectivity index (χ4v) is 1.03. The van der Waals surface area contributed by atoms with E-state index in [2.05, 4.69) is 47.1 Å². The molecule has 2 aromatic rings. The van der Waals surface area contributed by atoms with E-state index in [1.54, 1.807) is 6.20 Å². The summed E-state index contributed by atoms with van der Waals surface area (Å²) in [5.41, 5.74) is 0.704. The van der Waals surface area contributed by atoms with Crippen molar-refractivity contribution in [1.82, 2.24) is 20.2 Å². The minimum atomic E-state index is -0.0458. The van der Waals surface area contributed by atoms with Crippen molar-refractivity contribution < 1.29 is 21.1 Å². The number of aromatic nitrogens is 4. The molecule has 0 saturated heterocycles. The topological polar surface area (TPSA) is 54.5 Å². The van der Waals surface area contributed by atoms with Gasteiger partial charge in [-0.1, -0.05) is 26.2 Å². The van der Waals surface area contributed by atoms with E-state index >= 15 is 0 Å². The predicted molar refractivity (Wildman–Crippen MR) is 64.9 cm³/mol. The molecule has 0 amide bonds. The Morgan fingerprint density at radius 1 is 1.29 bits per heavy atom. The summed E-state index contributed by atoms with van der Waals surface area (Å²) in [6.45, 7) is 10.2. The molecule has 0 spiro atoms. The van der Waals surface area contributed by atoms with Gasteiger partial charge in [-0.05, 0) is 17.8 Å². The molecule has 0 radical (unpaired) electrons. The van der Waals surface area contributed by atoms with Crippen molar-refractivity contribution in [2.45, 2.75) is 40.0 Å². The molecule has 0 saturated carbocycles. The zero-order chi connectivity index (χ0) is 12.2. The number of aromatic amines is 1. The third-order valence-corrected chi connectivity index (χ3v) is 1.79. The van der Waals surface area contributed by atoms with Gasteiger partial charge in [0, 0.05) is 0 Å². The number of hydrogen-bond donors (Lipinski definition) is 1. The molecule has 0 aromatic carbocycles. The average Bonchev–Trinajstić information content (AvgIpc) is 2.63. The molecule has 0 fully saturated rings. The quantitative estimate of drug-likeness (QED) is 0.690. The molecule has 2 rings (SSSR count). The molecule has 92 valence electrons. The van der Waals surface area contributed by atoms with Crippen LogP contribution in [0.4, 0.5) is 0 Å². The third kappa shape index (κ3) is 4.55. The number of nitrogens with one attached hydrogen (secondary N) is 1. The summed E-state index contributed by atoms with van der Waals surface area (Å²) in [7, 11) is 0. The maximum Gasteiger partial charge on any atom is 2.00 e. The maximum absolute atomic E-state index is 4.35. The van der Waals surface area contributed by atoms with Crippen LogP contribution >= 0.6 is 0 Å². The van der Waals surface area contributed by atoms with Gasteiger partial charge in [-0.3, -0.25) is 0 Å². The Kier molecular flexibility index (Phi) is 6.54. The van der Waals surface area contributed by atoms with E-state index < -0.39 is 0 Å². The van der Waals surface area contributed by atoms with Crippen molar-refractivity contribution >= 4 is 11.0 Å². The summed E-state index contributed by atoms with van der Waals surface area (Å²) < 4.78 is 0. The number of hydrogen-bond acceptors (Lipinski definition) is 3. The van der Waals surface area contributed by atoms with Crippen LogP contribution in [0.3, 0.4) is 0 Å². The van der Waals surface area contributed by atoms with Gasteiger partial charge in [0.25, 0.3) is 0 Å².